The summed E-state index contributed by atoms with van der Waals surface area (Å²) in [6, 6.07) is 12.8. The first-order valence-electron chi connectivity index (χ1n) is 9.33. The molecular formula is C21H14F3N3O4. The van der Waals surface area contributed by atoms with Crippen LogP contribution < -0.4 is 4.74 Å². The summed E-state index contributed by atoms with van der Waals surface area (Å²) in [5.74, 6) is -0.595. The molecule has 0 bridgehead atoms. The minimum Gasteiger partial charge on any atom is -0.493 e. The number of nitrogens with zero attached hydrogens (tertiary/aromatic N) is 3. The van der Waals surface area contributed by atoms with E-state index in [0.29, 0.717) is 29.9 Å². The molecule has 0 saturated carbocycles. The molecule has 5 rings (SSSR count). The number of aliphatic hydroxyl groups excluding tert-OH is 1. The first-order chi connectivity index (χ1) is 14.9. The van der Waals surface area contributed by atoms with Gasteiger partial charge in [-0.15, -0.1) is 0 Å². The molecule has 0 aliphatic carbocycles. The summed E-state index contributed by atoms with van der Waals surface area (Å²) in [7, 11) is 0. The van der Waals surface area contributed by atoms with Crippen LogP contribution in [0, 0.1) is 0 Å². The lowest BCUT2D eigenvalue weighted by Gasteiger charge is -2.22. The second-order valence-corrected chi connectivity index (χ2v) is 6.93. The SMILES string of the molecule is OC1CCOc2cc(-c3noc(-c4onc(-c5ccccc5)c4C(F)(F)F)n3)ccc21. The van der Waals surface area contributed by atoms with Gasteiger partial charge in [0.2, 0.25) is 11.6 Å². The minimum absolute atomic E-state index is 0.0484. The van der Waals surface area contributed by atoms with Crippen molar-refractivity contribution >= 4 is 0 Å². The highest BCUT2D eigenvalue weighted by molar-refractivity contribution is 5.71. The molecule has 1 aliphatic rings. The molecule has 2 aromatic heterocycles. The quantitative estimate of drug-likeness (QED) is 0.495. The van der Waals surface area contributed by atoms with Crippen LogP contribution in [-0.4, -0.2) is 27.0 Å². The molecule has 31 heavy (non-hydrogen) atoms. The van der Waals surface area contributed by atoms with Crippen molar-refractivity contribution in [3.8, 4) is 40.0 Å². The van der Waals surface area contributed by atoms with E-state index in [1.165, 1.54) is 12.1 Å². The highest BCUT2D eigenvalue weighted by Crippen LogP contribution is 2.43. The molecule has 3 heterocycles. The van der Waals surface area contributed by atoms with Gasteiger partial charge < -0.3 is 18.9 Å². The van der Waals surface area contributed by atoms with E-state index in [1.54, 1.807) is 36.4 Å². The van der Waals surface area contributed by atoms with Crippen LogP contribution in [0.2, 0.25) is 0 Å². The topological polar surface area (TPSA) is 94.4 Å². The van der Waals surface area contributed by atoms with Gasteiger partial charge in [-0.2, -0.15) is 18.2 Å². The number of ether oxygens (including phenoxy) is 1. The summed E-state index contributed by atoms with van der Waals surface area (Å²) in [4.78, 5) is 4.07. The van der Waals surface area contributed by atoms with Crippen LogP contribution in [0.1, 0.15) is 23.7 Å². The van der Waals surface area contributed by atoms with Gasteiger partial charge in [0.15, 0.2) is 0 Å². The van der Waals surface area contributed by atoms with E-state index in [2.05, 4.69) is 15.3 Å². The summed E-state index contributed by atoms with van der Waals surface area (Å²) in [6.07, 6.45) is -4.92. The van der Waals surface area contributed by atoms with Crippen molar-refractivity contribution < 1.29 is 32.1 Å². The zero-order valence-electron chi connectivity index (χ0n) is 15.8. The third-order valence-electron chi connectivity index (χ3n) is 4.92. The second kappa shape index (κ2) is 7.24. The first kappa shape index (κ1) is 19.3. The number of fused-ring (bicyclic) bond motifs is 1. The predicted octanol–water partition coefficient (Wildman–Crippen LogP) is 4.89. The molecule has 1 atom stereocenters. The molecular weight excluding hydrogens is 415 g/mol. The van der Waals surface area contributed by atoms with Crippen LogP contribution in [0.25, 0.3) is 34.3 Å². The zero-order chi connectivity index (χ0) is 21.6. The molecule has 10 heteroatoms. The van der Waals surface area contributed by atoms with Crippen LogP contribution >= 0.6 is 0 Å². The van der Waals surface area contributed by atoms with Crippen molar-refractivity contribution in [3.05, 3.63) is 59.7 Å². The fourth-order valence-corrected chi connectivity index (χ4v) is 3.43. The molecule has 0 amide bonds. The Bertz CT molecular complexity index is 1230. The van der Waals surface area contributed by atoms with Gasteiger partial charge in [0.05, 0.1) is 12.7 Å². The smallest absolute Gasteiger partial charge is 0.422 e. The van der Waals surface area contributed by atoms with E-state index in [0.717, 1.165) is 0 Å². The normalized spacial score (nSPS) is 16.1. The van der Waals surface area contributed by atoms with Crippen LogP contribution in [-0.2, 0) is 6.18 Å². The number of aliphatic hydroxyl groups is 1. The molecule has 1 N–H and O–H groups in total. The number of aromatic nitrogens is 3. The zero-order valence-corrected chi connectivity index (χ0v) is 15.8. The van der Waals surface area contributed by atoms with Crippen LogP contribution in [0.15, 0.2) is 57.6 Å². The lowest BCUT2D eigenvalue weighted by atomic mass is 10.0. The average molecular weight is 429 g/mol. The summed E-state index contributed by atoms with van der Waals surface area (Å²) >= 11 is 0. The minimum atomic E-state index is -4.76. The van der Waals surface area contributed by atoms with Crippen molar-refractivity contribution in [1.82, 2.24) is 15.3 Å². The summed E-state index contributed by atoms with van der Waals surface area (Å²) in [6.45, 7) is 0.352. The maximum absolute atomic E-state index is 13.8. The van der Waals surface area contributed by atoms with E-state index in [9.17, 15) is 18.3 Å². The number of halogens is 3. The maximum atomic E-state index is 13.8. The summed E-state index contributed by atoms with van der Waals surface area (Å²) in [5.41, 5.74) is -0.125. The fourth-order valence-electron chi connectivity index (χ4n) is 3.43. The Kier molecular flexibility index (Phi) is 4.51. The van der Waals surface area contributed by atoms with Gasteiger partial charge in [-0.1, -0.05) is 52.8 Å². The second-order valence-electron chi connectivity index (χ2n) is 6.93. The van der Waals surface area contributed by atoms with E-state index in [-0.39, 0.29) is 17.1 Å². The molecule has 2 aromatic carbocycles. The Hall–Kier alpha value is -3.66. The number of benzene rings is 2. The molecule has 7 nitrogen and oxygen atoms in total. The van der Waals surface area contributed by atoms with Crippen molar-refractivity contribution in [2.24, 2.45) is 0 Å². The summed E-state index contributed by atoms with van der Waals surface area (Å²) in [5, 5.41) is 17.4. The van der Waals surface area contributed by atoms with Crippen molar-refractivity contribution in [1.29, 1.82) is 0 Å². The summed E-state index contributed by atoms with van der Waals surface area (Å²) < 4.78 is 57.1. The molecule has 4 aromatic rings. The Morgan fingerprint density at radius 2 is 1.77 bits per heavy atom. The van der Waals surface area contributed by atoms with Gasteiger partial charge in [-0.25, -0.2) is 0 Å². The highest BCUT2D eigenvalue weighted by atomic mass is 19.4. The molecule has 0 spiro atoms. The third-order valence-corrected chi connectivity index (χ3v) is 4.92. The third kappa shape index (κ3) is 3.44. The predicted molar refractivity (Wildman–Crippen MR) is 101 cm³/mol. The standard InChI is InChI=1S/C21H14F3N3O4/c22-21(23,24)16-17(11-4-2-1-3-5-11)26-30-18(16)20-25-19(27-31-20)12-6-7-13-14(28)8-9-29-15(13)10-12/h1-7,10,14,28H,8-9H2. The van der Waals surface area contributed by atoms with Gasteiger partial charge in [0, 0.05) is 23.1 Å². The molecule has 0 radical (unpaired) electrons. The van der Waals surface area contributed by atoms with E-state index < -0.39 is 29.5 Å². The molecule has 158 valence electrons. The van der Waals surface area contributed by atoms with Crippen molar-refractivity contribution in [2.45, 2.75) is 18.7 Å². The lowest BCUT2D eigenvalue weighted by Crippen LogP contribution is -2.13. The monoisotopic (exact) mass is 429 g/mol. The van der Waals surface area contributed by atoms with Crippen LogP contribution in [0.4, 0.5) is 13.2 Å². The van der Waals surface area contributed by atoms with Crippen LogP contribution in [0.5, 0.6) is 5.75 Å². The largest absolute Gasteiger partial charge is 0.493 e. The number of alkyl halides is 3. The van der Waals surface area contributed by atoms with E-state index in [4.69, 9.17) is 13.8 Å². The van der Waals surface area contributed by atoms with Crippen molar-refractivity contribution in [3.63, 3.8) is 0 Å². The van der Waals surface area contributed by atoms with Gasteiger partial charge in [-0.05, 0) is 6.07 Å². The molecule has 0 fully saturated rings. The number of rotatable bonds is 3. The highest BCUT2D eigenvalue weighted by Gasteiger charge is 2.43. The van der Waals surface area contributed by atoms with E-state index >= 15 is 0 Å². The Balaban J connectivity index is 1.56. The van der Waals surface area contributed by atoms with Gasteiger partial charge >= 0.3 is 6.18 Å². The Morgan fingerprint density at radius 1 is 0.968 bits per heavy atom. The Morgan fingerprint density at radius 3 is 2.55 bits per heavy atom. The van der Waals surface area contributed by atoms with E-state index in [1.807, 2.05) is 0 Å². The number of hydrogen-bond acceptors (Lipinski definition) is 7. The van der Waals surface area contributed by atoms with Gasteiger partial charge in [-0.3, -0.25) is 0 Å². The molecule has 1 aliphatic heterocycles. The number of hydrogen-bond donors (Lipinski definition) is 1. The maximum Gasteiger partial charge on any atom is 0.422 e. The molecule has 0 saturated heterocycles. The van der Waals surface area contributed by atoms with Crippen molar-refractivity contribution in [2.75, 3.05) is 6.61 Å². The first-order valence-corrected chi connectivity index (χ1v) is 9.33. The average Bonchev–Trinajstić information content (AvgIpc) is 3.41. The molecule has 1 unspecified atom stereocenters. The van der Waals surface area contributed by atoms with Crippen LogP contribution in [0.3, 0.4) is 0 Å². The van der Waals surface area contributed by atoms with Gasteiger partial charge in [0.1, 0.15) is 17.0 Å². The lowest BCUT2D eigenvalue weighted by molar-refractivity contribution is -0.136. The van der Waals surface area contributed by atoms with Gasteiger partial charge in [0.25, 0.3) is 5.89 Å². The fraction of sp³-hybridized carbons (Fsp3) is 0.190. The Labute approximate surface area is 173 Å².